The molecule has 0 spiro atoms. The van der Waals surface area contributed by atoms with E-state index in [-0.39, 0.29) is 29.7 Å². The molecule has 0 fully saturated rings. The van der Waals surface area contributed by atoms with Crippen LogP contribution in [0.3, 0.4) is 0 Å². The first-order valence-electron chi connectivity index (χ1n) is 8.37. The van der Waals surface area contributed by atoms with E-state index >= 15 is 0 Å². The van der Waals surface area contributed by atoms with E-state index in [1.54, 1.807) is 18.4 Å². The molecule has 9 heteroatoms. The van der Waals surface area contributed by atoms with Crippen molar-refractivity contribution in [2.45, 2.75) is 27.2 Å². The predicted octanol–water partition coefficient (Wildman–Crippen LogP) is 2.38. The molecule has 0 aromatic carbocycles. The van der Waals surface area contributed by atoms with E-state index in [9.17, 15) is 8.42 Å². The Labute approximate surface area is 173 Å². The van der Waals surface area contributed by atoms with Crippen LogP contribution in [0.4, 0.5) is 0 Å². The van der Waals surface area contributed by atoms with Gasteiger partial charge in [-0.05, 0) is 23.8 Å². The monoisotopic (exact) mass is 502 g/mol. The quantitative estimate of drug-likeness (QED) is 0.293. The first-order chi connectivity index (χ1) is 11.4. The van der Waals surface area contributed by atoms with Gasteiger partial charge in [-0.2, -0.15) is 0 Å². The minimum absolute atomic E-state index is 0. The summed E-state index contributed by atoms with van der Waals surface area (Å²) < 4.78 is 25.7. The van der Waals surface area contributed by atoms with Crippen LogP contribution in [0.2, 0.25) is 0 Å². The molecular formula is C16H31IN4O2S2. The molecule has 1 aromatic heterocycles. The predicted molar refractivity (Wildman–Crippen MR) is 119 cm³/mol. The number of guanidine groups is 1. The maximum Gasteiger partial charge on any atom is 0.215 e. The summed E-state index contributed by atoms with van der Waals surface area (Å²) in [4.78, 5) is 5.52. The normalized spacial score (nSPS) is 13.4. The average molecular weight is 502 g/mol. The van der Waals surface area contributed by atoms with Gasteiger partial charge in [-0.1, -0.05) is 26.8 Å². The van der Waals surface area contributed by atoms with Gasteiger partial charge >= 0.3 is 0 Å². The molecule has 0 aliphatic rings. The van der Waals surface area contributed by atoms with Crippen LogP contribution in [0.15, 0.2) is 22.5 Å². The van der Waals surface area contributed by atoms with Crippen molar-refractivity contribution in [3.05, 3.63) is 22.4 Å². The molecule has 1 aromatic rings. The van der Waals surface area contributed by atoms with Gasteiger partial charge < -0.3 is 10.6 Å². The fraction of sp³-hybridized carbons (Fsp3) is 0.688. The molecule has 1 atom stereocenters. The molecular weight excluding hydrogens is 471 g/mol. The van der Waals surface area contributed by atoms with E-state index in [2.05, 4.69) is 40.1 Å². The summed E-state index contributed by atoms with van der Waals surface area (Å²) in [6.07, 6.45) is 1.03. The van der Waals surface area contributed by atoms with Gasteiger partial charge in [0.1, 0.15) is 0 Å². The van der Waals surface area contributed by atoms with Crippen LogP contribution in [0.5, 0.6) is 0 Å². The minimum atomic E-state index is -3.20. The maximum atomic E-state index is 12.1. The van der Waals surface area contributed by atoms with E-state index in [0.29, 0.717) is 31.5 Å². The summed E-state index contributed by atoms with van der Waals surface area (Å²) in [5.74, 6) is 1.18. The van der Waals surface area contributed by atoms with Crippen LogP contribution in [0.1, 0.15) is 25.6 Å². The number of hydrogen-bond donors (Lipinski definition) is 2. The lowest BCUT2D eigenvalue weighted by atomic mass is 10.1. The van der Waals surface area contributed by atoms with Gasteiger partial charge in [0, 0.05) is 38.1 Å². The van der Waals surface area contributed by atoms with Crippen molar-refractivity contribution in [2.24, 2.45) is 10.9 Å². The molecule has 0 amide bonds. The molecule has 0 radical (unpaired) electrons. The number of thiophene rings is 1. The standard InChI is InChI=1S/C16H30N4O2S2.HI/c1-5-20(6-2)24(21,22)11-9-18-16(17-4)19-13-14(3)12-15-8-7-10-23-15;/h7-8,10,14H,5-6,9,11-13H2,1-4H3,(H2,17,18,19);1H. The molecule has 1 heterocycles. The lowest BCUT2D eigenvalue weighted by molar-refractivity contribution is 0.445. The molecule has 0 saturated carbocycles. The van der Waals surface area contributed by atoms with Crippen molar-refractivity contribution in [2.75, 3.05) is 39.0 Å². The second-order valence-electron chi connectivity index (χ2n) is 5.67. The highest BCUT2D eigenvalue weighted by molar-refractivity contribution is 14.0. The van der Waals surface area contributed by atoms with E-state index in [0.717, 1.165) is 13.0 Å². The highest BCUT2D eigenvalue weighted by Gasteiger charge is 2.18. The lowest BCUT2D eigenvalue weighted by Gasteiger charge is -2.19. The van der Waals surface area contributed by atoms with Crippen LogP contribution in [0.25, 0.3) is 0 Å². The van der Waals surface area contributed by atoms with Gasteiger partial charge in [0.05, 0.1) is 5.75 Å². The molecule has 1 unspecified atom stereocenters. The Balaban J connectivity index is 0.00000576. The van der Waals surface area contributed by atoms with Crippen molar-refractivity contribution >= 4 is 51.3 Å². The number of hydrogen-bond acceptors (Lipinski definition) is 4. The fourth-order valence-electron chi connectivity index (χ4n) is 2.38. The summed E-state index contributed by atoms with van der Waals surface area (Å²) >= 11 is 1.77. The second kappa shape index (κ2) is 12.9. The highest BCUT2D eigenvalue weighted by atomic mass is 127. The van der Waals surface area contributed by atoms with Crippen LogP contribution in [0, 0.1) is 5.92 Å². The van der Waals surface area contributed by atoms with Crippen molar-refractivity contribution in [1.82, 2.24) is 14.9 Å². The third-order valence-electron chi connectivity index (χ3n) is 3.72. The number of halogens is 1. The molecule has 2 N–H and O–H groups in total. The number of sulfonamides is 1. The van der Waals surface area contributed by atoms with Gasteiger partial charge in [-0.3, -0.25) is 4.99 Å². The SMILES string of the molecule is CCN(CC)S(=O)(=O)CCNC(=NC)NCC(C)Cc1cccs1.I. The first-order valence-corrected chi connectivity index (χ1v) is 10.9. The molecule has 0 aliphatic carbocycles. The Kier molecular flexibility index (Phi) is 12.7. The van der Waals surface area contributed by atoms with Gasteiger partial charge in [0.15, 0.2) is 5.96 Å². The van der Waals surface area contributed by atoms with E-state index in [1.807, 2.05) is 13.8 Å². The summed E-state index contributed by atoms with van der Waals surface area (Å²) in [7, 11) is -1.51. The summed E-state index contributed by atoms with van der Waals surface area (Å²) in [6.45, 7) is 8.04. The summed E-state index contributed by atoms with van der Waals surface area (Å²) in [5, 5.41) is 8.43. The summed E-state index contributed by atoms with van der Waals surface area (Å²) in [5.41, 5.74) is 0. The summed E-state index contributed by atoms with van der Waals surface area (Å²) in [6, 6.07) is 4.21. The maximum absolute atomic E-state index is 12.1. The van der Waals surface area contributed by atoms with Crippen LogP contribution in [-0.2, 0) is 16.4 Å². The fourth-order valence-corrected chi connectivity index (χ4v) is 4.66. The topological polar surface area (TPSA) is 73.8 Å². The van der Waals surface area contributed by atoms with Crippen molar-refractivity contribution < 1.29 is 8.42 Å². The Bertz CT molecular complexity index is 587. The zero-order valence-corrected chi connectivity index (χ0v) is 19.5. The Hall–Kier alpha value is -0.390. The van der Waals surface area contributed by atoms with Gasteiger partial charge in [0.25, 0.3) is 0 Å². The molecule has 0 bridgehead atoms. The smallest absolute Gasteiger partial charge is 0.215 e. The lowest BCUT2D eigenvalue weighted by Crippen LogP contribution is -2.43. The third-order valence-corrected chi connectivity index (χ3v) is 6.64. The van der Waals surface area contributed by atoms with Gasteiger partial charge in [-0.25, -0.2) is 12.7 Å². The zero-order chi connectivity index (χ0) is 18.0. The largest absolute Gasteiger partial charge is 0.356 e. The second-order valence-corrected chi connectivity index (χ2v) is 8.79. The number of rotatable bonds is 10. The molecule has 25 heavy (non-hydrogen) atoms. The van der Waals surface area contributed by atoms with Crippen LogP contribution >= 0.6 is 35.3 Å². The molecule has 6 nitrogen and oxygen atoms in total. The molecule has 0 aliphatic heterocycles. The Morgan fingerprint density at radius 2 is 2.00 bits per heavy atom. The molecule has 1 rings (SSSR count). The van der Waals surface area contributed by atoms with E-state index in [4.69, 9.17) is 0 Å². The number of aliphatic imine (C=N–C) groups is 1. The average Bonchev–Trinajstić information content (AvgIpc) is 3.04. The Morgan fingerprint density at radius 1 is 1.32 bits per heavy atom. The molecule has 0 saturated heterocycles. The third kappa shape index (κ3) is 9.20. The van der Waals surface area contributed by atoms with Crippen molar-refractivity contribution in [3.8, 4) is 0 Å². The number of nitrogens with one attached hydrogen (secondary N) is 2. The minimum Gasteiger partial charge on any atom is -0.356 e. The molecule has 146 valence electrons. The first kappa shape index (κ1) is 24.6. The Morgan fingerprint density at radius 3 is 2.52 bits per heavy atom. The number of nitrogens with zero attached hydrogens (tertiary/aromatic N) is 2. The van der Waals surface area contributed by atoms with Crippen molar-refractivity contribution in [1.29, 1.82) is 0 Å². The van der Waals surface area contributed by atoms with E-state index < -0.39 is 10.0 Å². The van der Waals surface area contributed by atoms with Crippen LogP contribution in [-0.4, -0.2) is 57.7 Å². The van der Waals surface area contributed by atoms with E-state index in [1.165, 1.54) is 9.18 Å². The van der Waals surface area contributed by atoms with Crippen LogP contribution < -0.4 is 10.6 Å². The zero-order valence-electron chi connectivity index (χ0n) is 15.5. The highest BCUT2D eigenvalue weighted by Crippen LogP contribution is 2.13. The van der Waals surface area contributed by atoms with Gasteiger partial charge in [-0.15, -0.1) is 35.3 Å². The van der Waals surface area contributed by atoms with Crippen molar-refractivity contribution in [3.63, 3.8) is 0 Å². The van der Waals surface area contributed by atoms with Gasteiger partial charge in [0.2, 0.25) is 10.0 Å².